The van der Waals surface area contributed by atoms with Gasteiger partial charge in [0.2, 0.25) is 5.91 Å². The first-order chi connectivity index (χ1) is 10.3. The van der Waals surface area contributed by atoms with E-state index in [1.165, 1.54) is 37.7 Å². The van der Waals surface area contributed by atoms with Gasteiger partial charge in [-0.1, -0.05) is 15.9 Å². The van der Waals surface area contributed by atoms with Crippen molar-refractivity contribution in [2.24, 2.45) is 5.73 Å². The maximum atomic E-state index is 12.5. The number of carbonyl (C=O) groups excluding carboxylic acids is 1. The van der Waals surface area contributed by atoms with Crippen molar-refractivity contribution in [3.8, 4) is 5.75 Å². The van der Waals surface area contributed by atoms with Crippen molar-refractivity contribution >= 4 is 37.5 Å². The first-order valence-electron chi connectivity index (χ1n) is 5.94. The number of sulfonamides is 1. The molecule has 0 fully saturated rings. The third kappa shape index (κ3) is 3.55. The van der Waals surface area contributed by atoms with Gasteiger partial charge in [-0.15, -0.1) is 0 Å². The molecular formula is C13H12BrN3O4S. The molecule has 0 bridgehead atoms. The van der Waals surface area contributed by atoms with E-state index in [1.807, 2.05) is 0 Å². The van der Waals surface area contributed by atoms with Crippen LogP contribution in [0, 0.1) is 0 Å². The molecule has 2 rings (SSSR count). The van der Waals surface area contributed by atoms with E-state index < -0.39 is 15.9 Å². The van der Waals surface area contributed by atoms with Crippen molar-refractivity contribution in [3.63, 3.8) is 0 Å². The summed E-state index contributed by atoms with van der Waals surface area (Å²) in [5.74, 6) is -0.511. The van der Waals surface area contributed by atoms with Crippen LogP contribution in [0.4, 0.5) is 5.69 Å². The van der Waals surface area contributed by atoms with Crippen molar-refractivity contribution < 1.29 is 17.9 Å². The number of nitrogens with zero attached hydrogens (tertiary/aromatic N) is 1. The molecule has 0 saturated heterocycles. The van der Waals surface area contributed by atoms with Gasteiger partial charge in [-0.2, -0.15) is 0 Å². The van der Waals surface area contributed by atoms with Crippen LogP contribution in [0.2, 0.25) is 0 Å². The summed E-state index contributed by atoms with van der Waals surface area (Å²) in [5.41, 5.74) is 5.36. The number of rotatable bonds is 5. The fourth-order valence-electron chi connectivity index (χ4n) is 1.70. The molecule has 1 heterocycles. The van der Waals surface area contributed by atoms with Gasteiger partial charge in [0.25, 0.3) is 10.0 Å². The Morgan fingerprint density at radius 1 is 1.32 bits per heavy atom. The van der Waals surface area contributed by atoms with E-state index in [-0.39, 0.29) is 21.9 Å². The largest absolute Gasteiger partial charge is 0.495 e. The van der Waals surface area contributed by atoms with Crippen LogP contribution in [0.3, 0.4) is 0 Å². The Kier molecular flexibility index (Phi) is 4.67. The molecule has 0 unspecified atom stereocenters. The Balaban J connectivity index is 2.42. The summed E-state index contributed by atoms with van der Waals surface area (Å²) in [6, 6.07) is 5.90. The molecule has 0 saturated carbocycles. The molecule has 1 amide bonds. The lowest BCUT2D eigenvalue weighted by Crippen LogP contribution is -2.16. The van der Waals surface area contributed by atoms with E-state index in [2.05, 4.69) is 25.6 Å². The van der Waals surface area contributed by atoms with Gasteiger partial charge in [0, 0.05) is 10.7 Å². The molecule has 1 aromatic heterocycles. The van der Waals surface area contributed by atoms with E-state index in [4.69, 9.17) is 10.5 Å². The minimum absolute atomic E-state index is 0.0474. The van der Waals surface area contributed by atoms with Gasteiger partial charge >= 0.3 is 0 Å². The molecule has 116 valence electrons. The molecule has 2 aromatic rings. The molecule has 0 aliphatic carbocycles. The highest BCUT2D eigenvalue weighted by Gasteiger charge is 2.20. The van der Waals surface area contributed by atoms with Crippen LogP contribution >= 0.6 is 15.9 Å². The van der Waals surface area contributed by atoms with Crippen LogP contribution in [0.25, 0.3) is 0 Å². The summed E-state index contributed by atoms with van der Waals surface area (Å²) in [7, 11) is -2.55. The lowest BCUT2D eigenvalue weighted by Gasteiger charge is -2.12. The van der Waals surface area contributed by atoms with Crippen LogP contribution in [0.1, 0.15) is 10.4 Å². The third-order valence-corrected chi connectivity index (χ3v) is 4.59. The molecule has 0 aliphatic heterocycles. The molecule has 9 heteroatoms. The molecule has 1 aromatic carbocycles. The molecule has 22 heavy (non-hydrogen) atoms. The average Bonchev–Trinajstić information content (AvgIpc) is 2.47. The van der Waals surface area contributed by atoms with Gasteiger partial charge in [0.15, 0.2) is 0 Å². The number of hydrogen-bond donors (Lipinski definition) is 2. The number of nitrogens with two attached hydrogens (primary N) is 1. The van der Waals surface area contributed by atoms with Gasteiger partial charge in [-0.3, -0.25) is 14.5 Å². The van der Waals surface area contributed by atoms with Gasteiger partial charge in [-0.25, -0.2) is 8.42 Å². The van der Waals surface area contributed by atoms with Gasteiger partial charge < -0.3 is 10.5 Å². The predicted molar refractivity (Wildman–Crippen MR) is 84.3 cm³/mol. The zero-order chi connectivity index (χ0) is 16.3. The first-order valence-corrected chi connectivity index (χ1v) is 8.22. The van der Waals surface area contributed by atoms with Gasteiger partial charge in [0.1, 0.15) is 10.6 Å². The third-order valence-electron chi connectivity index (χ3n) is 2.69. The molecule has 0 spiro atoms. The van der Waals surface area contributed by atoms with Crippen LogP contribution < -0.4 is 15.2 Å². The summed E-state index contributed by atoms with van der Waals surface area (Å²) in [5, 5.41) is 0. The molecular weight excluding hydrogens is 374 g/mol. The zero-order valence-electron chi connectivity index (χ0n) is 11.4. The van der Waals surface area contributed by atoms with Crippen molar-refractivity contribution in [1.29, 1.82) is 0 Å². The molecule has 0 radical (unpaired) electrons. The summed E-state index contributed by atoms with van der Waals surface area (Å²) in [6.07, 6.45) is 2.52. The summed E-state index contributed by atoms with van der Waals surface area (Å²) in [4.78, 5) is 14.8. The van der Waals surface area contributed by atoms with Crippen LogP contribution in [-0.4, -0.2) is 26.4 Å². The fraction of sp³-hybridized carbons (Fsp3) is 0.0769. The first kappa shape index (κ1) is 16.2. The Morgan fingerprint density at radius 3 is 2.68 bits per heavy atom. The Hall–Kier alpha value is -2.13. The number of anilines is 1. The number of nitrogens with one attached hydrogen (secondary N) is 1. The minimum Gasteiger partial charge on any atom is -0.495 e. The fourth-order valence-corrected chi connectivity index (χ4v) is 3.44. The van der Waals surface area contributed by atoms with Crippen molar-refractivity contribution in [1.82, 2.24) is 4.98 Å². The number of halogens is 1. The van der Waals surface area contributed by atoms with E-state index in [1.54, 1.807) is 6.07 Å². The smallest absolute Gasteiger partial charge is 0.265 e. The Labute approximate surface area is 135 Å². The predicted octanol–water partition coefficient (Wildman–Crippen LogP) is 1.75. The SMILES string of the molecule is COc1ccc(Br)cc1S(=O)(=O)Nc1cncc(C(N)=O)c1. The van der Waals surface area contributed by atoms with E-state index in [0.717, 1.165) is 0 Å². The highest BCUT2D eigenvalue weighted by Crippen LogP contribution is 2.28. The second-order valence-electron chi connectivity index (χ2n) is 4.23. The second kappa shape index (κ2) is 6.32. The summed E-state index contributed by atoms with van der Waals surface area (Å²) in [6.45, 7) is 0. The highest BCUT2D eigenvalue weighted by atomic mass is 79.9. The summed E-state index contributed by atoms with van der Waals surface area (Å²) >= 11 is 3.21. The molecule has 0 aliphatic rings. The average molecular weight is 386 g/mol. The topological polar surface area (TPSA) is 111 Å². The van der Waals surface area contributed by atoms with Crippen LogP contribution in [0.15, 0.2) is 46.0 Å². The maximum Gasteiger partial charge on any atom is 0.265 e. The second-order valence-corrected chi connectivity index (χ2v) is 6.79. The molecule has 7 nitrogen and oxygen atoms in total. The number of ether oxygens (including phenoxy) is 1. The number of carbonyl (C=O) groups is 1. The van der Waals surface area contributed by atoms with Crippen LogP contribution in [0.5, 0.6) is 5.75 Å². The molecule has 0 atom stereocenters. The highest BCUT2D eigenvalue weighted by molar-refractivity contribution is 9.10. The quantitative estimate of drug-likeness (QED) is 0.813. The maximum absolute atomic E-state index is 12.5. The lowest BCUT2D eigenvalue weighted by molar-refractivity contribution is 0.1000. The Morgan fingerprint density at radius 2 is 2.05 bits per heavy atom. The van der Waals surface area contributed by atoms with Crippen molar-refractivity contribution in [3.05, 3.63) is 46.7 Å². The van der Waals surface area contributed by atoms with Gasteiger partial charge in [-0.05, 0) is 24.3 Å². The van der Waals surface area contributed by atoms with E-state index >= 15 is 0 Å². The number of hydrogen-bond acceptors (Lipinski definition) is 5. The number of aromatic nitrogens is 1. The number of pyridine rings is 1. The lowest BCUT2D eigenvalue weighted by atomic mass is 10.2. The summed E-state index contributed by atoms with van der Waals surface area (Å²) < 4.78 is 32.9. The Bertz CT molecular complexity index is 824. The number of benzene rings is 1. The van der Waals surface area contributed by atoms with Crippen molar-refractivity contribution in [2.75, 3.05) is 11.8 Å². The number of amides is 1. The standard InChI is InChI=1S/C13H12BrN3O4S/c1-21-11-3-2-9(14)5-12(11)22(19,20)17-10-4-8(13(15)18)6-16-7-10/h2-7,17H,1H3,(H2,15,18). The zero-order valence-corrected chi connectivity index (χ0v) is 13.8. The molecule has 3 N–H and O–H groups in total. The van der Waals surface area contributed by atoms with Crippen LogP contribution in [-0.2, 0) is 10.0 Å². The minimum atomic E-state index is -3.92. The van der Waals surface area contributed by atoms with E-state index in [0.29, 0.717) is 4.47 Å². The monoisotopic (exact) mass is 385 g/mol. The van der Waals surface area contributed by atoms with E-state index in [9.17, 15) is 13.2 Å². The normalized spacial score (nSPS) is 11.0. The van der Waals surface area contributed by atoms with Crippen molar-refractivity contribution in [2.45, 2.75) is 4.90 Å². The van der Waals surface area contributed by atoms with Gasteiger partial charge in [0.05, 0.1) is 24.6 Å². The number of primary amides is 1. The number of methoxy groups -OCH3 is 1.